The minimum atomic E-state index is 0.541. The van der Waals surface area contributed by atoms with Crippen LogP contribution in [0, 0.1) is 0 Å². The van der Waals surface area contributed by atoms with E-state index in [0.29, 0.717) is 5.95 Å². The summed E-state index contributed by atoms with van der Waals surface area (Å²) in [5.74, 6) is 5.80. The molecule has 0 bridgehead atoms. The summed E-state index contributed by atoms with van der Waals surface area (Å²) in [5.41, 5.74) is 6.34. The summed E-state index contributed by atoms with van der Waals surface area (Å²) in [6, 6.07) is 5.95. The zero-order valence-corrected chi connectivity index (χ0v) is 8.36. The first-order chi connectivity index (χ1) is 7.86. The summed E-state index contributed by atoms with van der Waals surface area (Å²) in [7, 11) is 0. The predicted molar refractivity (Wildman–Crippen MR) is 61.5 cm³/mol. The first-order valence-corrected chi connectivity index (χ1v) is 4.82. The zero-order valence-electron chi connectivity index (χ0n) is 8.36. The van der Waals surface area contributed by atoms with E-state index in [1.54, 1.807) is 12.5 Å². The maximum Gasteiger partial charge on any atom is 0.215 e. The number of nitrogen functional groups attached to an aromatic ring is 1. The Kier molecular flexibility index (Phi) is 1.87. The van der Waals surface area contributed by atoms with Gasteiger partial charge in [-0.05, 0) is 12.1 Å². The molecule has 0 radical (unpaired) electrons. The molecule has 0 atom stereocenters. The Bertz CT molecular complexity index is 623. The van der Waals surface area contributed by atoms with Crippen molar-refractivity contribution in [2.45, 2.75) is 0 Å². The lowest BCUT2D eigenvalue weighted by atomic mass is 10.1. The molecule has 0 saturated carbocycles. The second kappa shape index (κ2) is 3.35. The van der Waals surface area contributed by atoms with E-state index >= 15 is 0 Å². The van der Waals surface area contributed by atoms with E-state index in [0.717, 1.165) is 22.3 Å². The summed E-state index contributed by atoms with van der Waals surface area (Å²) in [4.78, 5) is 14.3. The molecule has 0 saturated heterocycles. The van der Waals surface area contributed by atoms with Gasteiger partial charge in [0.1, 0.15) is 0 Å². The Balaban J connectivity index is 2.10. The van der Waals surface area contributed by atoms with Gasteiger partial charge in [-0.3, -0.25) is 5.43 Å². The second-order valence-electron chi connectivity index (χ2n) is 3.42. The molecule has 0 aliphatic carbocycles. The summed E-state index contributed by atoms with van der Waals surface area (Å²) >= 11 is 0. The Hall–Kier alpha value is -2.34. The minimum Gasteiger partial charge on any atom is -0.345 e. The third-order valence-electron chi connectivity index (χ3n) is 2.44. The normalized spacial score (nSPS) is 10.8. The minimum absolute atomic E-state index is 0.541. The Morgan fingerprint density at radius 2 is 2.19 bits per heavy atom. The van der Waals surface area contributed by atoms with Crippen LogP contribution in [0.4, 0.5) is 5.95 Å². The van der Waals surface area contributed by atoms with Crippen molar-refractivity contribution in [2.24, 2.45) is 5.84 Å². The molecule has 1 aromatic carbocycles. The van der Waals surface area contributed by atoms with E-state index in [2.05, 4.69) is 25.4 Å². The standard InChI is InChI=1S/C10H10N6/c11-16-10-12-4-9(15-10)6-1-2-7-8(3-6)14-5-13-7/h1-5H,11H2,(H,13,14)(H2,12,15,16). The van der Waals surface area contributed by atoms with Crippen molar-refractivity contribution in [3.63, 3.8) is 0 Å². The van der Waals surface area contributed by atoms with E-state index in [4.69, 9.17) is 5.84 Å². The van der Waals surface area contributed by atoms with Gasteiger partial charge in [-0.1, -0.05) is 6.07 Å². The third-order valence-corrected chi connectivity index (χ3v) is 2.44. The van der Waals surface area contributed by atoms with E-state index < -0.39 is 0 Å². The first-order valence-electron chi connectivity index (χ1n) is 4.82. The molecule has 5 N–H and O–H groups in total. The number of hydrazine groups is 1. The van der Waals surface area contributed by atoms with E-state index in [1.807, 2.05) is 18.2 Å². The maximum atomic E-state index is 5.26. The van der Waals surface area contributed by atoms with Gasteiger partial charge in [-0.2, -0.15) is 0 Å². The fourth-order valence-electron chi connectivity index (χ4n) is 1.64. The maximum absolute atomic E-state index is 5.26. The third kappa shape index (κ3) is 1.32. The predicted octanol–water partition coefficient (Wildman–Crippen LogP) is 1.24. The van der Waals surface area contributed by atoms with Crippen LogP contribution in [0.3, 0.4) is 0 Å². The molecule has 3 aromatic rings. The fraction of sp³-hybridized carbons (Fsp3) is 0. The van der Waals surface area contributed by atoms with Gasteiger partial charge in [-0.15, -0.1) is 0 Å². The molecule has 0 fully saturated rings. The number of nitrogens with one attached hydrogen (secondary N) is 3. The Labute approximate surface area is 90.9 Å². The lowest BCUT2D eigenvalue weighted by Crippen LogP contribution is -2.07. The number of hydrogen-bond acceptors (Lipinski definition) is 4. The average molecular weight is 214 g/mol. The molecule has 6 nitrogen and oxygen atoms in total. The highest BCUT2D eigenvalue weighted by molar-refractivity contribution is 5.80. The van der Waals surface area contributed by atoms with Crippen LogP contribution in [-0.4, -0.2) is 19.9 Å². The number of fused-ring (bicyclic) bond motifs is 1. The van der Waals surface area contributed by atoms with Gasteiger partial charge in [0.2, 0.25) is 5.95 Å². The molecular weight excluding hydrogens is 204 g/mol. The van der Waals surface area contributed by atoms with Gasteiger partial charge in [0.15, 0.2) is 0 Å². The molecule has 0 aliphatic rings. The molecular formula is C10H10N6. The molecule has 2 heterocycles. The van der Waals surface area contributed by atoms with Crippen molar-refractivity contribution in [1.29, 1.82) is 0 Å². The van der Waals surface area contributed by atoms with Crippen LogP contribution in [0.2, 0.25) is 0 Å². The van der Waals surface area contributed by atoms with Gasteiger partial charge < -0.3 is 9.97 Å². The summed E-state index contributed by atoms with van der Waals surface area (Å²) in [6.45, 7) is 0. The smallest absolute Gasteiger partial charge is 0.215 e. The molecule has 0 amide bonds. The largest absolute Gasteiger partial charge is 0.345 e. The number of imidazole rings is 2. The summed E-state index contributed by atoms with van der Waals surface area (Å²) in [6.07, 6.45) is 3.40. The number of anilines is 1. The van der Waals surface area contributed by atoms with Gasteiger partial charge in [0.05, 0.1) is 29.3 Å². The first kappa shape index (κ1) is 8.93. The average Bonchev–Trinajstić information content (AvgIpc) is 2.96. The van der Waals surface area contributed by atoms with Crippen LogP contribution in [0.25, 0.3) is 22.3 Å². The van der Waals surface area contributed by atoms with Crippen molar-refractivity contribution < 1.29 is 0 Å². The van der Waals surface area contributed by atoms with Crippen molar-refractivity contribution >= 4 is 17.0 Å². The molecule has 0 spiro atoms. The summed E-state index contributed by atoms with van der Waals surface area (Å²) in [5, 5.41) is 0. The monoisotopic (exact) mass is 214 g/mol. The topological polar surface area (TPSA) is 95.4 Å². The van der Waals surface area contributed by atoms with Crippen molar-refractivity contribution in [3.05, 3.63) is 30.7 Å². The Morgan fingerprint density at radius 1 is 1.25 bits per heavy atom. The number of nitrogens with zero attached hydrogens (tertiary/aromatic N) is 2. The number of aromatic nitrogens is 4. The highest BCUT2D eigenvalue weighted by Gasteiger charge is 2.04. The number of hydrogen-bond donors (Lipinski definition) is 4. The molecule has 2 aromatic heterocycles. The zero-order chi connectivity index (χ0) is 11.0. The van der Waals surface area contributed by atoms with Crippen molar-refractivity contribution in [2.75, 3.05) is 5.43 Å². The molecule has 0 unspecified atom stereocenters. The van der Waals surface area contributed by atoms with E-state index in [-0.39, 0.29) is 0 Å². The number of H-pyrrole nitrogens is 2. The van der Waals surface area contributed by atoms with Crippen LogP contribution in [-0.2, 0) is 0 Å². The molecule has 80 valence electrons. The number of aromatic amines is 2. The van der Waals surface area contributed by atoms with Gasteiger partial charge in [0, 0.05) is 5.56 Å². The van der Waals surface area contributed by atoms with Crippen LogP contribution in [0.5, 0.6) is 0 Å². The molecule has 16 heavy (non-hydrogen) atoms. The number of benzene rings is 1. The van der Waals surface area contributed by atoms with Crippen LogP contribution in [0.15, 0.2) is 30.7 Å². The molecule has 6 heteroatoms. The van der Waals surface area contributed by atoms with E-state index in [9.17, 15) is 0 Å². The van der Waals surface area contributed by atoms with Gasteiger partial charge >= 0.3 is 0 Å². The van der Waals surface area contributed by atoms with Crippen LogP contribution >= 0.6 is 0 Å². The van der Waals surface area contributed by atoms with Crippen molar-refractivity contribution in [1.82, 2.24) is 19.9 Å². The van der Waals surface area contributed by atoms with E-state index in [1.165, 1.54) is 0 Å². The SMILES string of the molecule is NNc1ncc(-c2ccc3nc[nH]c3c2)[nH]1. The molecule has 0 aliphatic heterocycles. The number of nitrogens with two attached hydrogens (primary N) is 1. The lowest BCUT2D eigenvalue weighted by molar-refractivity contribution is 1.20. The second-order valence-corrected chi connectivity index (χ2v) is 3.42. The van der Waals surface area contributed by atoms with Crippen molar-refractivity contribution in [3.8, 4) is 11.3 Å². The van der Waals surface area contributed by atoms with Gasteiger partial charge in [-0.25, -0.2) is 15.8 Å². The fourth-order valence-corrected chi connectivity index (χ4v) is 1.64. The van der Waals surface area contributed by atoms with Crippen LogP contribution < -0.4 is 11.3 Å². The quantitative estimate of drug-likeness (QED) is 0.381. The van der Waals surface area contributed by atoms with Gasteiger partial charge in [0.25, 0.3) is 0 Å². The number of rotatable bonds is 2. The van der Waals surface area contributed by atoms with Crippen LogP contribution in [0.1, 0.15) is 0 Å². The Morgan fingerprint density at radius 3 is 3.00 bits per heavy atom. The highest BCUT2D eigenvalue weighted by Crippen LogP contribution is 2.21. The lowest BCUT2D eigenvalue weighted by Gasteiger charge is -1.97. The summed E-state index contributed by atoms with van der Waals surface area (Å²) < 4.78 is 0. The highest BCUT2D eigenvalue weighted by atomic mass is 15.3. The molecule has 3 rings (SSSR count).